The molecule has 1 aromatic heterocycles. The molecule has 0 aliphatic heterocycles. The highest BCUT2D eigenvalue weighted by molar-refractivity contribution is 9.10. The van der Waals surface area contributed by atoms with Gasteiger partial charge in [0.2, 0.25) is 0 Å². The van der Waals surface area contributed by atoms with Crippen LogP contribution >= 0.6 is 27.7 Å². The monoisotopic (exact) mass is 324 g/mol. The standard InChI is InChI=1S/C13H13BrN2OS/c1-17-12-4-3-11(15)6-9(12)8-18-13-5-2-10(14)7-16-13/h2-7H,8,15H2,1H3. The highest BCUT2D eigenvalue weighted by Crippen LogP contribution is 2.28. The maximum atomic E-state index is 5.78. The zero-order chi connectivity index (χ0) is 13.0. The number of hydrogen-bond donors (Lipinski definition) is 1. The number of benzene rings is 1. The summed E-state index contributed by atoms with van der Waals surface area (Å²) in [5, 5.41) is 0.975. The van der Waals surface area contributed by atoms with Gasteiger partial charge in [0.1, 0.15) is 5.75 Å². The highest BCUT2D eigenvalue weighted by Gasteiger charge is 2.05. The fourth-order valence-electron chi connectivity index (χ4n) is 1.51. The van der Waals surface area contributed by atoms with E-state index in [0.717, 1.165) is 32.3 Å². The molecule has 0 aliphatic carbocycles. The quantitative estimate of drug-likeness (QED) is 0.687. The predicted octanol–water partition coefficient (Wildman–Crippen LogP) is 3.73. The Balaban J connectivity index is 2.09. The number of aromatic nitrogens is 1. The highest BCUT2D eigenvalue weighted by atomic mass is 79.9. The van der Waals surface area contributed by atoms with Crippen LogP contribution < -0.4 is 10.5 Å². The molecule has 0 radical (unpaired) electrons. The minimum absolute atomic E-state index is 0.746. The van der Waals surface area contributed by atoms with Crippen molar-refractivity contribution in [3.05, 3.63) is 46.6 Å². The molecule has 0 bridgehead atoms. The van der Waals surface area contributed by atoms with Gasteiger partial charge in [-0.15, -0.1) is 11.8 Å². The van der Waals surface area contributed by atoms with Crippen LogP contribution in [0.1, 0.15) is 5.56 Å². The largest absolute Gasteiger partial charge is 0.496 e. The number of ether oxygens (including phenoxy) is 1. The molecular formula is C13H13BrN2OS. The molecule has 0 atom stereocenters. The van der Waals surface area contributed by atoms with Crippen LogP contribution in [0.25, 0.3) is 0 Å². The van der Waals surface area contributed by atoms with Crippen molar-refractivity contribution < 1.29 is 4.74 Å². The van der Waals surface area contributed by atoms with Crippen molar-refractivity contribution in [2.24, 2.45) is 0 Å². The summed E-state index contributed by atoms with van der Waals surface area (Å²) in [5.74, 6) is 1.64. The van der Waals surface area contributed by atoms with Crippen LogP contribution in [-0.4, -0.2) is 12.1 Å². The van der Waals surface area contributed by atoms with Gasteiger partial charge in [-0.05, 0) is 46.3 Å². The minimum atomic E-state index is 0.746. The second kappa shape index (κ2) is 6.11. The van der Waals surface area contributed by atoms with Gasteiger partial charge in [-0.3, -0.25) is 0 Å². The number of hydrogen-bond acceptors (Lipinski definition) is 4. The SMILES string of the molecule is COc1ccc(N)cc1CSc1ccc(Br)cn1. The van der Waals surface area contributed by atoms with E-state index in [9.17, 15) is 0 Å². The number of methoxy groups -OCH3 is 1. The van der Waals surface area contributed by atoms with E-state index in [1.165, 1.54) is 0 Å². The Morgan fingerprint density at radius 3 is 2.83 bits per heavy atom. The van der Waals surface area contributed by atoms with Crippen LogP contribution in [0.4, 0.5) is 5.69 Å². The van der Waals surface area contributed by atoms with Gasteiger partial charge in [-0.2, -0.15) is 0 Å². The van der Waals surface area contributed by atoms with E-state index in [1.54, 1.807) is 25.1 Å². The first-order chi connectivity index (χ1) is 8.69. The molecule has 1 heterocycles. The van der Waals surface area contributed by atoms with Crippen molar-refractivity contribution in [3.63, 3.8) is 0 Å². The molecule has 0 amide bonds. The summed E-state index contributed by atoms with van der Waals surface area (Å²) in [4.78, 5) is 4.32. The summed E-state index contributed by atoms with van der Waals surface area (Å²) < 4.78 is 6.29. The van der Waals surface area contributed by atoms with E-state index < -0.39 is 0 Å². The Kier molecular flexibility index (Phi) is 4.49. The molecule has 5 heteroatoms. The Morgan fingerprint density at radius 2 is 2.17 bits per heavy atom. The van der Waals surface area contributed by atoms with Crippen LogP contribution in [0.2, 0.25) is 0 Å². The van der Waals surface area contributed by atoms with Crippen molar-refractivity contribution >= 4 is 33.4 Å². The molecule has 0 unspecified atom stereocenters. The van der Waals surface area contributed by atoms with E-state index in [0.29, 0.717) is 0 Å². The normalized spacial score (nSPS) is 10.3. The van der Waals surface area contributed by atoms with Gasteiger partial charge in [0.05, 0.1) is 12.1 Å². The molecule has 0 saturated heterocycles. The predicted molar refractivity (Wildman–Crippen MR) is 78.9 cm³/mol. The lowest BCUT2D eigenvalue weighted by molar-refractivity contribution is 0.411. The summed E-state index contributed by atoms with van der Waals surface area (Å²) in [6.45, 7) is 0. The summed E-state index contributed by atoms with van der Waals surface area (Å²) in [6.07, 6.45) is 1.79. The second-order valence-corrected chi connectivity index (χ2v) is 5.59. The van der Waals surface area contributed by atoms with Crippen LogP contribution in [0.3, 0.4) is 0 Å². The first-order valence-corrected chi connectivity index (χ1v) is 7.13. The van der Waals surface area contributed by atoms with Gasteiger partial charge < -0.3 is 10.5 Å². The van der Waals surface area contributed by atoms with Crippen LogP contribution in [0, 0.1) is 0 Å². The fourth-order valence-corrected chi connectivity index (χ4v) is 2.57. The van der Waals surface area contributed by atoms with Crippen molar-refractivity contribution in [1.82, 2.24) is 4.98 Å². The van der Waals surface area contributed by atoms with Gasteiger partial charge in [-0.25, -0.2) is 4.98 Å². The Labute approximate surface area is 119 Å². The molecule has 0 fully saturated rings. The molecule has 0 aliphatic rings. The molecule has 2 rings (SSSR count). The lowest BCUT2D eigenvalue weighted by atomic mass is 10.2. The van der Waals surface area contributed by atoms with Gasteiger partial charge in [0.15, 0.2) is 0 Å². The van der Waals surface area contributed by atoms with Crippen molar-refractivity contribution in [2.75, 3.05) is 12.8 Å². The molecule has 2 N–H and O–H groups in total. The summed E-state index contributed by atoms with van der Waals surface area (Å²) in [6, 6.07) is 9.62. The van der Waals surface area contributed by atoms with Gasteiger partial charge in [0, 0.05) is 27.7 Å². The van der Waals surface area contributed by atoms with E-state index in [-0.39, 0.29) is 0 Å². The Morgan fingerprint density at radius 1 is 1.33 bits per heavy atom. The minimum Gasteiger partial charge on any atom is -0.496 e. The lowest BCUT2D eigenvalue weighted by Gasteiger charge is -2.08. The van der Waals surface area contributed by atoms with Gasteiger partial charge >= 0.3 is 0 Å². The zero-order valence-corrected chi connectivity index (χ0v) is 12.3. The third-order valence-corrected chi connectivity index (χ3v) is 3.84. The van der Waals surface area contributed by atoms with Crippen molar-refractivity contribution in [1.29, 1.82) is 0 Å². The maximum Gasteiger partial charge on any atom is 0.123 e. The summed E-state index contributed by atoms with van der Waals surface area (Å²) in [5.41, 5.74) is 7.61. The molecule has 94 valence electrons. The zero-order valence-electron chi connectivity index (χ0n) is 9.89. The number of rotatable bonds is 4. The van der Waals surface area contributed by atoms with Crippen LogP contribution in [-0.2, 0) is 5.75 Å². The maximum absolute atomic E-state index is 5.78. The molecule has 0 spiro atoms. The second-order valence-electron chi connectivity index (χ2n) is 3.67. The number of pyridine rings is 1. The third kappa shape index (κ3) is 3.40. The number of thioether (sulfide) groups is 1. The van der Waals surface area contributed by atoms with Crippen molar-refractivity contribution in [2.45, 2.75) is 10.8 Å². The molecule has 1 aromatic carbocycles. The van der Waals surface area contributed by atoms with Crippen LogP contribution in [0.5, 0.6) is 5.75 Å². The third-order valence-electron chi connectivity index (χ3n) is 2.38. The first kappa shape index (κ1) is 13.2. The number of anilines is 1. The van der Waals surface area contributed by atoms with E-state index in [1.807, 2.05) is 30.3 Å². The van der Waals surface area contributed by atoms with Crippen LogP contribution in [0.15, 0.2) is 46.0 Å². The number of nitrogens with zero attached hydrogens (tertiary/aromatic N) is 1. The number of halogens is 1. The molecular weight excluding hydrogens is 312 g/mol. The topological polar surface area (TPSA) is 48.1 Å². The summed E-state index contributed by atoms with van der Waals surface area (Å²) in [7, 11) is 1.66. The average molecular weight is 325 g/mol. The molecule has 3 nitrogen and oxygen atoms in total. The average Bonchev–Trinajstić information content (AvgIpc) is 2.38. The van der Waals surface area contributed by atoms with Gasteiger partial charge in [0.25, 0.3) is 0 Å². The Hall–Kier alpha value is -1.20. The number of nitrogen functional groups attached to an aromatic ring is 1. The fraction of sp³-hybridized carbons (Fsp3) is 0.154. The summed E-state index contributed by atoms with van der Waals surface area (Å²) >= 11 is 5.02. The van der Waals surface area contributed by atoms with Crippen molar-refractivity contribution in [3.8, 4) is 5.75 Å². The smallest absolute Gasteiger partial charge is 0.123 e. The van der Waals surface area contributed by atoms with E-state index >= 15 is 0 Å². The molecule has 0 saturated carbocycles. The number of nitrogens with two attached hydrogens (primary N) is 1. The molecule has 18 heavy (non-hydrogen) atoms. The lowest BCUT2D eigenvalue weighted by Crippen LogP contribution is -1.93. The van der Waals surface area contributed by atoms with Gasteiger partial charge in [-0.1, -0.05) is 0 Å². The molecule has 2 aromatic rings. The Bertz CT molecular complexity index is 531. The first-order valence-electron chi connectivity index (χ1n) is 5.36. The van der Waals surface area contributed by atoms with E-state index in [4.69, 9.17) is 10.5 Å². The van der Waals surface area contributed by atoms with E-state index in [2.05, 4.69) is 20.9 Å².